The van der Waals surface area contributed by atoms with E-state index < -0.39 is 29.3 Å². The monoisotopic (exact) mass is 527 g/mol. The van der Waals surface area contributed by atoms with Crippen LogP contribution in [-0.2, 0) is 14.3 Å². The third-order valence-corrected chi connectivity index (χ3v) is 7.03. The minimum absolute atomic E-state index is 0.0866. The van der Waals surface area contributed by atoms with Gasteiger partial charge in [0.15, 0.2) is 0 Å². The number of hydrogen-bond donors (Lipinski definition) is 2. The Morgan fingerprint density at radius 1 is 1.11 bits per heavy atom. The first kappa shape index (κ1) is 31.4. The van der Waals surface area contributed by atoms with Gasteiger partial charge in [0.05, 0.1) is 0 Å². The minimum Gasteiger partial charge on any atom is -0.444 e. The summed E-state index contributed by atoms with van der Waals surface area (Å²) in [5.41, 5.74) is 0.144. The molecule has 0 spiro atoms. The third-order valence-electron chi connectivity index (χ3n) is 7.03. The maximum atomic E-state index is 14.4. The van der Waals surface area contributed by atoms with Crippen LogP contribution >= 0.6 is 0 Å². The first-order chi connectivity index (χ1) is 17.7. The van der Waals surface area contributed by atoms with E-state index >= 15 is 0 Å². The Kier molecular flexibility index (Phi) is 11.0. The number of carbonyl (C=O) groups excluding carboxylic acids is 3. The number of nitrogens with zero attached hydrogens (tertiary/aromatic N) is 1. The topological polar surface area (TPSA) is 87.7 Å². The molecule has 0 saturated heterocycles. The van der Waals surface area contributed by atoms with Gasteiger partial charge in [-0.05, 0) is 77.5 Å². The first-order valence-electron chi connectivity index (χ1n) is 14.0. The van der Waals surface area contributed by atoms with E-state index in [-0.39, 0.29) is 23.8 Å². The van der Waals surface area contributed by atoms with Crippen LogP contribution in [0.25, 0.3) is 6.08 Å². The van der Waals surface area contributed by atoms with Crippen LogP contribution < -0.4 is 10.6 Å². The normalized spacial score (nSPS) is 17.1. The fourth-order valence-corrected chi connectivity index (χ4v) is 4.91. The Morgan fingerprint density at radius 2 is 1.74 bits per heavy atom. The largest absolute Gasteiger partial charge is 0.444 e. The van der Waals surface area contributed by atoms with E-state index in [4.69, 9.17) is 4.74 Å². The van der Waals surface area contributed by atoms with E-state index in [1.54, 1.807) is 31.7 Å². The van der Waals surface area contributed by atoms with Crippen molar-refractivity contribution in [3.63, 3.8) is 0 Å². The van der Waals surface area contributed by atoms with Crippen molar-refractivity contribution in [1.29, 1.82) is 0 Å². The summed E-state index contributed by atoms with van der Waals surface area (Å²) >= 11 is 0. The molecule has 1 saturated carbocycles. The van der Waals surface area contributed by atoms with E-state index in [1.807, 2.05) is 58.9 Å². The third kappa shape index (κ3) is 8.88. The van der Waals surface area contributed by atoms with Gasteiger partial charge >= 0.3 is 6.09 Å². The number of amides is 3. The molecule has 0 bridgehead atoms. The van der Waals surface area contributed by atoms with Crippen molar-refractivity contribution in [2.45, 2.75) is 123 Å². The maximum absolute atomic E-state index is 14.4. The van der Waals surface area contributed by atoms with Crippen LogP contribution in [0.1, 0.15) is 111 Å². The molecule has 212 valence electrons. The SMILES string of the molecule is C=Cc1cccc(C(C(=O)NC2CCCCC2)N(C(=O)C(NC(=O)OC(C)(C)C)C(C)CC)C(C)(C)C)c1. The highest BCUT2D eigenvalue weighted by Crippen LogP contribution is 2.32. The molecule has 7 nitrogen and oxygen atoms in total. The van der Waals surface area contributed by atoms with Gasteiger partial charge in [0.2, 0.25) is 11.8 Å². The summed E-state index contributed by atoms with van der Waals surface area (Å²) in [5.74, 6) is -0.700. The average Bonchev–Trinajstić information content (AvgIpc) is 2.83. The summed E-state index contributed by atoms with van der Waals surface area (Å²) in [6.07, 6.45) is 6.95. The van der Waals surface area contributed by atoms with Crippen LogP contribution in [-0.4, -0.2) is 46.0 Å². The molecule has 0 heterocycles. The summed E-state index contributed by atoms with van der Waals surface area (Å²) in [6.45, 7) is 18.9. The summed E-state index contributed by atoms with van der Waals surface area (Å²) < 4.78 is 5.49. The molecule has 2 N–H and O–H groups in total. The van der Waals surface area contributed by atoms with Gasteiger partial charge in [-0.1, -0.05) is 70.4 Å². The molecular weight excluding hydrogens is 478 g/mol. The second kappa shape index (κ2) is 13.3. The summed E-state index contributed by atoms with van der Waals surface area (Å²) in [5, 5.41) is 6.07. The molecule has 1 aromatic carbocycles. The van der Waals surface area contributed by atoms with Crippen LogP contribution in [0.4, 0.5) is 4.79 Å². The molecule has 0 aromatic heterocycles. The smallest absolute Gasteiger partial charge is 0.408 e. The molecular formula is C31H49N3O4. The molecule has 1 aliphatic rings. The van der Waals surface area contributed by atoms with Crippen molar-refractivity contribution in [2.24, 2.45) is 5.92 Å². The van der Waals surface area contributed by atoms with Crippen molar-refractivity contribution < 1.29 is 19.1 Å². The Hall–Kier alpha value is -2.83. The quantitative estimate of drug-likeness (QED) is 0.390. The lowest BCUT2D eigenvalue weighted by Gasteiger charge is -2.44. The Balaban J connectivity index is 2.57. The van der Waals surface area contributed by atoms with E-state index in [0.717, 1.165) is 31.2 Å². The molecule has 2 rings (SSSR count). The highest BCUT2D eigenvalue weighted by atomic mass is 16.6. The molecule has 38 heavy (non-hydrogen) atoms. The summed E-state index contributed by atoms with van der Waals surface area (Å²) in [4.78, 5) is 42.9. The number of rotatable bonds is 9. The first-order valence-corrected chi connectivity index (χ1v) is 14.0. The molecule has 7 heteroatoms. The Morgan fingerprint density at radius 3 is 2.26 bits per heavy atom. The van der Waals surface area contributed by atoms with Crippen LogP contribution in [0.15, 0.2) is 30.8 Å². The number of hydrogen-bond acceptors (Lipinski definition) is 4. The fourth-order valence-electron chi connectivity index (χ4n) is 4.91. The van der Waals surface area contributed by atoms with Gasteiger partial charge < -0.3 is 20.3 Å². The van der Waals surface area contributed by atoms with E-state index in [2.05, 4.69) is 17.2 Å². The highest BCUT2D eigenvalue weighted by molar-refractivity contribution is 5.93. The van der Waals surface area contributed by atoms with Crippen LogP contribution in [0.3, 0.4) is 0 Å². The number of ether oxygens (including phenoxy) is 1. The van der Waals surface area contributed by atoms with Crippen molar-refractivity contribution in [2.75, 3.05) is 0 Å². The molecule has 3 amide bonds. The molecule has 3 unspecified atom stereocenters. The fraction of sp³-hybridized carbons (Fsp3) is 0.645. The zero-order chi connectivity index (χ0) is 28.7. The average molecular weight is 528 g/mol. The Labute approximate surface area is 229 Å². The number of alkyl carbamates (subject to hydrolysis) is 1. The highest BCUT2D eigenvalue weighted by Gasteiger charge is 2.43. The molecule has 3 atom stereocenters. The molecule has 1 fully saturated rings. The summed E-state index contributed by atoms with van der Waals surface area (Å²) in [6, 6.07) is 5.93. The molecule has 1 aliphatic carbocycles. The van der Waals surface area contributed by atoms with Gasteiger partial charge in [-0.25, -0.2) is 4.79 Å². The van der Waals surface area contributed by atoms with Gasteiger partial charge in [0, 0.05) is 11.6 Å². The second-order valence-corrected chi connectivity index (χ2v) is 12.5. The van der Waals surface area contributed by atoms with Gasteiger partial charge in [0.25, 0.3) is 0 Å². The van der Waals surface area contributed by atoms with Gasteiger partial charge in [0.1, 0.15) is 17.7 Å². The molecule has 1 aromatic rings. The van der Waals surface area contributed by atoms with Gasteiger partial charge in [-0.2, -0.15) is 0 Å². The van der Waals surface area contributed by atoms with E-state index in [0.29, 0.717) is 12.0 Å². The van der Waals surface area contributed by atoms with E-state index in [1.165, 1.54) is 6.42 Å². The lowest BCUT2D eigenvalue weighted by atomic mass is 9.90. The molecule has 0 aliphatic heterocycles. The van der Waals surface area contributed by atoms with Gasteiger partial charge in [-0.15, -0.1) is 0 Å². The van der Waals surface area contributed by atoms with Crippen molar-refractivity contribution in [1.82, 2.24) is 15.5 Å². The van der Waals surface area contributed by atoms with Crippen molar-refractivity contribution >= 4 is 24.0 Å². The van der Waals surface area contributed by atoms with Crippen LogP contribution in [0.5, 0.6) is 0 Å². The Bertz CT molecular complexity index is 970. The zero-order valence-corrected chi connectivity index (χ0v) is 24.7. The minimum atomic E-state index is -0.878. The standard InChI is InChI=1S/C31H49N3O4/c1-10-21(3)25(33-29(37)38-31(7,8)9)28(36)34(30(4,5)6)26(23-17-15-16-22(11-2)20-23)27(35)32-24-18-13-12-14-19-24/h11,15-17,20-21,24-26H,2,10,12-14,18-19H2,1,3-9H3,(H,32,35)(H,33,37). The summed E-state index contributed by atoms with van der Waals surface area (Å²) in [7, 11) is 0. The maximum Gasteiger partial charge on any atom is 0.408 e. The van der Waals surface area contributed by atoms with E-state index in [9.17, 15) is 14.4 Å². The van der Waals surface area contributed by atoms with Crippen LogP contribution in [0, 0.1) is 5.92 Å². The van der Waals surface area contributed by atoms with Crippen molar-refractivity contribution in [3.8, 4) is 0 Å². The van der Waals surface area contributed by atoms with Crippen molar-refractivity contribution in [3.05, 3.63) is 42.0 Å². The second-order valence-electron chi connectivity index (χ2n) is 12.5. The lowest BCUT2D eigenvalue weighted by molar-refractivity contribution is -0.149. The number of carbonyl (C=O) groups is 3. The predicted molar refractivity (Wildman–Crippen MR) is 154 cm³/mol. The number of benzene rings is 1. The molecule has 0 radical (unpaired) electrons. The van der Waals surface area contributed by atoms with Gasteiger partial charge in [-0.3, -0.25) is 9.59 Å². The zero-order valence-electron chi connectivity index (χ0n) is 24.7. The lowest BCUT2D eigenvalue weighted by Crippen LogP contribution is -2.60. The van der Waals surface area contributed by atoms with Crippen LogP contribution in [0.2, 0.25) is 0 Å². The predicted octanol–water partition coefficient (Wildman–Crippen LogP) is 6.39. The number of nitrogens with one attached hydrogen (secondary N) is 2.